The van der Waals surface area contributed by atoms with Gasteiger partial charge in [-0.1, -0.05) is 12.1 Å². The van der Waals surface area contributed by atoms with Crippen LogP contribution in [-0.4, -0.2) is 46.7 Å². The van der Waals surface area contributed by atoms with Gasteiger partial charge >= 0.3 is 5.97 Å². The molecular formula is C19H20N4O7S2. The third kappa shape index (κ3) is 5.12. The van der Waals surface area contributed by atoms with Crippen molar-refractivity contribution in [3.63, 3.8) is 0 Å². The Bertz CT molecular complexity index is 1300. The van der Waals surface area contributed by atoms with Crippen molar-refractivity contribution < 1.29 is 31.2 Å². The van der Waals surface area contributed by atoms with Gasteiger partial charge in [0.05, 0.1) is 9.79 Å². The number of rotatable bonds is 6. The van der Waals surface area contributed by atoms with E-state index in [1.54, 1.807) is 18.2 Å². The van der Waals surface area contributed by atoms with Crippen LogP contribution >= 0.6 is 0 Å². The Hall–Kier alpha value is -3.29. The monoisotopic (exact) mass is 480 g/mol. The number of carbonyl (C=O) groups is 2. The van der Waals surface area contributed by atoms with Gasteiger partial charge in [0.15, 0.2) is 6.10 Å². The average Bonchev–Trinajstić information content (AvgIpc) is 2.97. The number of sulfonamides is 2. The number of nitrogens with zero attached hydrogens (tertiary/aromatic N) is 1. The number of nitrogens with one attached hydrogen (secondary N) is 2. The highest BCUT2D eigenvalue weighted by Crippen LogP contribution is 2.22. The first-order valence-corrected chi connectivity index (χ1v) is 12.3. The maximum atomic E-state index is 12.4. The highest BCUT2D eigenvalue weighted by atomic mass is 32.2. The molecule has 13 heteroatoms. The second-order valence-corrected chi connectivity index (χ2v) is 10.1. The number of amidine groups is 1. The fourth-order valence-corrected chi connectivity index (χ4v) is 4.53. The molecule has 3 rings (SSSR count). The van der Waals surface area contributed by atoms with E-state index >= 15 is 0 Å². The quantitative estimate of drug-likeness (QED) is 0.499. The van der Waals surface area contributed by atoms with Gasteiger partial charge in [-0.3, -0.25) is 14.5 Å². The van der Waals surface area contributed by atoms with Crippen LogP contribution in [0.25, 0.3) is 0 Å². The minimum absolute atomic E-state index is 0.0112. The van der Waals surface area contributed by atoms with E-state index in [2.05, 4.69) is 15.0 Å². The van der Waals surface area contributed by atoms with Crippen molar-refractivity contribution in [2.24, 2.45) is 10.1 Å². The molecular weight excluding hydrogens is 460 g/mol. The van der Waals surface area contributed by atoms with Crippen molar-refractivity contribution in [2.45, 2.75) is 35.8 Å². The van der Waals surface area contributed by atoms with Gasteiger partial charge in [-0.05, 0) is 50.2 Å². The third-order valence-corrected chi connectivity index (χ3v) is 6.77. The molecule has 32 heavy (non-hydrogen) atoms. The Morgan fingerprint density at radius 3 is 2.34 bits per heavy atom. The van der Waals surface area contributed by atoms with Gasteiger partial charge in [-0.15, -0.1) is 0 Å². The molecule has 1 heterocycles. The van der Waals surface area contributed by atoms with Crippen LogP contribution in [0.3, 0.4) is 0 Å². The number of primary sulfonamides is 1. The molecule has 2 atom stereocenters. The molecule has 1 unspecified atom stereocenters. The van der Waals surface area contributed by atoms with Crippen LogP contribution in [0.15, 0.2) is 63.3 Å². The molecule has 2 aromatic carbocycles. The normalized spacial score (nSPS) is 17.7. The van der Waals surface area contributed by atoms with E-state index in [-0.39, 0.29) is 21.3 Å². The molecule has 2 aromatic rings. The molecule has 4 N–H and O–H groups in total. The Balaban J connectivity index is 1.64. The Labute approximate surface area is 184 Å². The van der Waals surface area contributed by atoms with Crippen LogP contribution in [0.4, 0.5) is 5.69 Å². The Kier molecular flexibility index (Phi) is 6.34. The summed E-state index contributed by atoms with van der Waals surface area (Å²) in [5, 5.41) is 7.50. The van der Waals surface area contributed by atoms with Gasteiger partial charge in [0, 0.05) is 11.3 Å². The van der Waals surface area contributed by atoms with Gasteiger partial charge in [0.1, 0.15) is 11.9 Å². The van der Waals surface area contributed by atoms with Crippen LogP contribution in [0.5, 0.6) is 0 Å². The van der Waals surface area contributed by atoms with Gasteiger partial charge in [0.2, 0.25) is 10.0 Å². The highest BCUT2D eigenvalue weighted by molar-refractivity contribution is 7.90. The SMILES string of the molecule is CC(OC(=O)[C@H](C)N=C1NS(=O)(=O)c2ccccc21)C(=O)Nc1ccc(S(N)(=O)=O)cc1. The molecule has 11 nitrogen and oxygen atoms in total. The van der Waals surface area contributed by atoms with Crippen molar-refractivity contribution in [2.75, 3.05) is 5.32 Å². The van der Waals surface area contributed by atoms with Gasteiger partial charge in [0.25, 0.3) is 15.9 Å². The summed E-state index contributed by atoms with van der Waals surface area (Å²) in [6.45, 7) is 2.75. The maximum Gasteiger partial charge on any atom is 0.331 e. The summed E-state index contributed by atoms with van der Waals surface area (Å²) >= 11 is 0. The van der Waals surface area contributed by atoms with E-state index in [1.807, 2.05) is 0 Å². The van der Waals surface area contributed by atoms with Crippen molar-refractivity contribution in [1.82, 2.24) is 4.72 Å². The molecule has 0 aromatic heterocycles. The fraction of sp³-hybridized carbons (Fsp3) is 0.211. The van der Waals surface area contributed by atoms with E-state index in [1.165, 1.54) is 44.2 Å². The van der Waals surface area contributed by atoms with Crippen LogP contribution < -0.4 is 15.2 Å². The maximum absolute atomic E-state index is 12.4. The minimum Gasteiger partial charge on any atom is -0.451 e. The first kappa shape index (κ1) is 23.4. The second kappa shape index (κ2) is 8.68. The van der Waals surface area contributed by atoms with Crippen LogP contribution in [0.1, 0.15) is 19.4 Å². The summed E-state index contributed by atoms with van der Waals surface area (Å²) in [6.07, 6.45) is -1.20. The number of benzene rings is 2. The average molecular weight is 481 g/mol. The molecule has 0 saturated carbocycles. The number of ether oxygens (including phenoxy) is 1. The smallest absolute Gasteiger partial charge is 0.331 e. The van der Waals surface area contributed by atoms with E-state index in [0.29, 0.717) is 5.56 Å². The number of aliphatic imine (C=N–C) groups is 1. The molecule has 0 fully saturated rings. The van der Waals surface area contributed by atoms with E-state index < -0.39 is 44.1 Å². The molecule has 0 saturated heterocycles. The summed E-state index contributed by atoms with van der Waals surface area (Å²) in [6, 6.07) is 10.2. The predicted molar refractivity (Wildman–Crippen MR) is 115 cm³/mol. The molecule has 0 spiro atoms. The van der Waals surface area contributed by atoms with E-state index in [4.69, 9.17) is 9.88 Å². The highest BCUT2D eigenvalue weighted by Gasteiger charge is 2.31. The number of hydrogen-bond donors (Lipinski definition) is 3. The van der Waals surface area contributed by atoms with Crippen molar-refractivity contribution in [3.05, 3.63) is 54.1 Å². The van der Waals surface area contributed by atoms with Gasteiger partial charge in [-0.25, -0.2) is 26.8 Å². The van der Waals surface area contributed by atoms with Gasteiger partial charge < -0.3 is 10.1 Å². The second-order valence-electron chi connectivity index (χ2n) is 6.89. The molecule has 0 aliphatic carbocycles. The van der Waals surface area contributed by atoms with Gasteiger partial charge in [-0.2, -0.15) is 0 Å². The Morgan fingerprint density at radius 1 is 1.09 bits per heavy atom. The van der Waals surface area contributed by atoms with Crippen molar-refractivity contribution in [3.8, 4) is 0 Å². The van der Waals surface area contributed by atoms with Crippen molar-refractivity contribution >= 4 is 43.4 Å². The lowest BCUT2D eigenvalue weighted by Gasteiger charge is -2.15. The van der Waals surface area contributed by atoms with E-state index in [9.17, 15) is 26.4 Å². The lowest BCUT2D eigenvalue weighted by Crippen LogP contribution is -2.33. The summed E-state index contributed by atoms with van der Waals surface area (Å²) < 4.78 is 54.2. The third-order valence-electron chi connectivity index (χ3n) is 4.44. The number of hydrogen-bond acceptors (Lipinski definition) is 8. The molecule has 1 aliphatic heterocycles. The zero-order valence-electron chi connectivity index (χ0n) is 17.0. The summed E-state index contributed by atoms with van der Waals surface area (Å²) in [4.78, 5) is 28.7. The molecule has 1 aliphatic rings. The van der Waals surface area contributed by atoms with Crippen LogP contribution in [0, 0.1) is 0 Å². The number of anilines is 1. The number of carbonyl (C=O) groups excluding carboxylic acids is 2. The Morgan fingerprint density at radius 2 is 1.72 bits per heavy atom. The summed E-state index contributed by atoms with van der Waals surface area (Å²) in [7, 11) is -7.62. The van der Waals surface area contributed by atoms with E-state index in [0.717, 1.165) is 0 Å². The van der Waals surface area contributed by atoms with Crippen molar-refractivity contribution in [1.29, 1.82) is 0 Å². The lowest BCUT2D eigenvalue weighted by molar-refractivity contribution is -0.153. The van der Waals surface area contributed by atoms with Crippen LogP contribution in [-0.2, 0) is 34.4 Å². The van der Waals surface area contributed by atoms with Crippen LogP contribution in [0.2, 0.25) is 0 Å². The molecule has 170 valence electrons. The summed E-state index contributed by atoms with van der Waals surface area (Å²) in [5.74, 6) is -1.49. The zero-order valence-corrected chi connectivity index (χ0v) is 18.6. The number of esters is 1. The largest absolute Gasteiger partial charge is 0.451 e. The lowest BCUT2D eigenvalue weighted by atomic mass is 10.2. The summed E-state index contributed by atoms with van der Waals surface area (Å²) in [5.41, 5.74) is 0.608. The standard InChI is InChI=1S/C19H20N4O7S2/c1-11(21-17-15-5-3-4-6-16(15)32(28,29)23-17)19(25)30-12(2)18(24)22-13-7-9-14(10-8-13)31(20,26)27/h3-12H,1-2H3,(H,21,23)(H,22,24)(H2,20,26,27)/t11-,12?/m0/s1. The predicted octanol–water partition coefficient (Wildman–Crippen LogP) is 0.331. The number of amides is 1. The number of fused-ring (bicyclic) bond motifs is 1. The fourth-order valence-electron chi connectivity index (χ4n) is 2.77. The first-order chi connectivity index (χ1) is 14.9. The molecule has 0 radical (unpaired) electrons. The zero-order chi connectivity index (χ0) is 23.7. The number of nitrogens with two attached hydrogens (primary N) is 1. The first-order valence-electron chi connectivity index (χ1n) is 9.23. The minimum atomic E-state index is -3.86. The topological polar surface area (TPSA) is 174 Å². The molecule has 0 bridgehead atoms. The molecule has 1 amide bonds.